The van der Waals surface area contributed by atoms with Gasteiger partial charge in [0, 0.05) is 6.20 Å². The van der Waals surface area contributed by atoms with E-state index in [4.69, 9.17) is 34.8 Å². The summed E-state index contributed by atoms with van der Waals surface area (Å²) in [5.41, 5.74) is 0.506. The number of halogens is 3. The Balaban J connectivity index is 2.31. The Morgan fingerprint density at radius 1 is 1.21 bits per heavy atom. The van der Waals surface area contributed by atoms with Crippen LogP contribution in [0.1, 0.15) is 0 Å². The van der Waals surface area contributed by atoms with Crippen molar-refractivity contribution in [2.75, 3.05) is 22.4 Å². The molecule has 2 aromatic rings. The lowest BCUT2D eigenvalue weighted by atomic mass is 10.3. The number of nitrogens with one attached hydrogen (secondary N) is 1. The number of rotatable bonds is 5. The lowest BCUT2D eigenvalue weighted by molar-refractivity contribution is -0.114. The van der Waals surface area contributed by atoms with Crippen LogP contribution in [-0.2, 0) is 14.8 Å². The zero-order valence-electron chi connectivity index (χ0n) is 12.3. The maximum atomic E-state index is 12.2. The van der Waals surface area contributed by atoms with E-state index in [0.717, 1.165) is 10.6 Å². The van der Waals surface area contributed by atoms with Gasteiger partial charge in [-0.1, -0.05) is 34.8 Å². The standard InChI is InChI=1S/C14H12Cl3N3O3S/c1-24(22,23)20(13-6-11(16)10(15)5-12(13)17)8-14(21)19-9-3-2-4-18-7-9/h2-7H,8H2,1H3,(H,19,21). The summed E-state index contributed by atoms with van der Waals surface area (Å²) in [6.45, 7) is -0.481. The number of carbonyl (C=O) groups excluding carboxylic acids is 1. The average molecular weight is 409 g/mol. The summed E-state index contributed by atoms with van der Waals surface area (Å²) in [6.07, 6.45) is 3.95. The number of benzene rings is 1. The second kappa shape index (κ2) is 7.57. The maximum Gasteiger partial charge on any atom is 0.245 e. The van der Waals surface area contributed by atoms with Gasteiger partial charge in [-0.05, 0) is 24.3 Å². The van der Waals surface area contributed by atoms with E-state index < -0.39 is 22.5 Å². The molecule has 0 saturated heterocycles. The molecule has 2 rings (SSSR count). The number of aromatic nitrogens is 1. The Bertz CT molecular complexity index is 860. The minimum atomic E-state index is -3.79. The van der Waals surface area contributed by atoms with Crippen LogP contribution in [0.25, 0.3) is 0 Å². The Morgan fingerprint density at radius 3 is 2.46 bits per heavy atom. The highest BCUT2D eigenvalue weighted by Crippen LogP contribution is 2.35. The molecule has 1 N–H and O–H groups in total. The van der Waals surface area contributed by atoms with Gasteiger partial charge >= 0.3 is 0 Å². The second-order valence-corrected chi connectivity index (χ2v) is 7.91. The molecule has 0 aliphatic heterocycles. The highest BCUT2D eigenvalue weighted by atomic mass is 35.5. The van der Waals surface area contributed by atoms with E-state index in [-0.39, 0.29) is 20.8 Å². The fourth-order valence-electron chi connectivity index (χ4n) is 1.85. The number of amides is 1. The van der Waals surface area contributed by atoms with Crippen LogP contribution in [0.15, 0.2) is 36.7 Å². The summed E-state index contributed by atoms with van der Waals surface area (Å²) >= 11 is 17.8. The first-order valence-corrected chi connectivity index (χ1v) is 9.49. The van der Waals surface area contributed by atoms with Crippen molar-refractivity contribution in [3.8, 4) is 0 Å². The van der Waals surface area contributed by atoms with Gasteiger partial charge in [0.15, 0.2) is 0 Å². The molecular weight excluding hydrogens is 397 g/mol. The first kappa shape index (κ1) is 18.8. The van der Waals surface area contributed by atoms with Gasteiger partial charge in [-0.3, -0.25) is 14.1 Å². The van der Waals surface area contributed by atoms with E-state index >= 15 is 0 Å². The Labute approximate surface area is 154 Å². The monoisotopic (exact) mass is 407 g/mol. The van der Waals surface area contributed by atoms with E-state index in [1.54, 1.807) is 18.3 Å². The van der Waals surface area contributed by atoms with Crippen LogP contribution in [0.3, 0.4) is 0 Å². The van der Waals surface area contributed by atoms with E-state index in [2.05, 4.69) is 10.3 Å². The van der Waals surface area contributed by atoms with Crippen LogP contribution >= 0.6 is 34.8 Å². The van der Waals surface area contributed by atoms with Crippen molar-refractivity contribution in [3.63, 3.8) is 0 Å². The van der Waals surface area contributed by atoms with Crippen molar-refractivity contribution >= 4 is 62.1 Å². The molecule has 1 amide bonds. The summed E-state index contributed by atoms with van der Waals surface area (Å²) in [4.78, 5) is 16.0. The largest absolute Gasteiger partial charge is 0.323 e. The van der Waals surface area contributed by atoms with Gasteiger partial charge in [-0.25, -0.2) is 8.42 Å². The van der Waals surface area contributed by atoms with E-state index in [0.29, 0.717) is 5.69 Å². The molecule has 0 aliphatic rings. The molecule has 1 heterocycles. The quantitative estimate of drug-likeness (QED) is 0.769. The number of carbonyl (C=O) groups is 1. The van der Waals surface area contributed by atoms with Gasteiger partial charge in [0.2, 0.25) is 15.9 Å². The van der Waals surface area contributed by atoms with Crippen molar-refractivity contribution in [2.45, 2.75) is 0 Å². The minimum Gasteiger partial charge on any atom is -0.323 e. The maximum absolute atomic E-state index is 12.2. The van der Waals surface area contributed by atoms with Crippen LogP contribution in [-0.4, -0.2) is 32.1 Å². The molecule has 10 heteroatoms. The number of hydrogen-bond donors (Lipinski definition) is 1. The van der Waals surface area contributed by atoms with E-state index in [1.807, 2.05) is 0 Å². The Kier molecular flexibility index (Phi) is 5.92. The summed E-state index contributed by atoms with van der Waals surface area (Å²) in [6, 6.07) is 5.88. The minimum absolute atomic E-state index is 0.0593. The van der Waals surface area contributed by atoms with Crippen molar-refractivity contribution in [1.29, 1.82) is 0 Å². The number of anilines is 2. The molecule has 0 bridgehead atoms. The van der Waals surface area contributed by atoms with Crippen molar-refractivity contribution < 1.29 is 13.2 Å². The van der Waals surface area contributed by atoms with Crippen molar-refractivity contribution in [3.05, 3.63) is 51.7 Å². The summed E-state index contributed by atoms with van der Waals surface area (Å²) in [5.74, 6) is -0.560. The molecule has 0 unspecified atom stereocenters. The fraction of sp³-hybridized carbons (Fsp3) is 0.143. The molecule has 0 spiro atoms. The third-order valence-corrected chi connectivity index (χ3v) is 5.04. The van der Waals surface area contributed by atoms with Crippen LogP contribution in [0.2, 0.25) is 15.1 Å². The molecular formula is C14H12Cl3N3O3S. The molecule has 1 aromatic heterocycles. The van der Waals surface area contributed by atoms with Gasteiger partial charge in [-0.2, -0.15) is 0 Å². The lowest BCUT2D eigenvalue weighted by Gasteiger charge is -2.23. The highest BCUT2D eigenvalue weighted by molar-refractivity contribution is 7.92. The van der Waals surface area contributed by atoms with Gasteiger partial charge in [0.1, 0.15) is 6.54 Å². The second-order valence-electron chi connectivity index (χ2n) is 4.78. The average Bonchev–Trinajstić information content (AvgIpc) is 2.49. The molecule has 0 radical (unpaired) electrons. The van der Waals surface area contributed by atoms with E-state index in [1.165, 1.54) is 18.3 Å². The molecule has 0 saturated carbocycles. The number of hydrogen-bond acceptors (Lipinski definition) is 4. The molecule has 128 valence electrons. The smallest absolute Gasteiger partial charge is 0.245 e. The predicted molar refractivity (Wildman–Crippen MR) is 96.5 cm³/mol. The summed E-state index contributed by atoms with van der Waals surface area (Å²) in [7, 11) is -3.79. The topological polar surface area (TPSA) is 79.4 Å². The van der Waals surface area contributed by atoms with Crippen molar-refractivity contribution in [1.82, 2.24) is 4.98 Å². The fourth-order valence-corrected chi connectivity index (χ4v) is 3.41. The molecule has 6 nitrogen and oxygen atoms in total. The number of pyridine rings is 1. The molecule has 1 aromatic carbocycles. The first-order chi connectivity index (χ1) is 11.2. The SMILES string of the molecule is CS(=O)(=O)N(CC(=O)Nc1cccnc1)c1cc(Cl)c(Cl)cc1Cl. The number of sulfonamides is 1. The lowest BCUT2D eigenvalue weighted by Crippen LogP contribution is -2.37. The summed E-state index contributed by atoms with van der Waals surface area (Å²) in [5, 5.41) is 2.91. The Morgan fingerprint density at radius 2 is 1.88 bits per heavy atom. The molecule has 24 heavy (non-hydrogen) atoms. The van der Waals surface area contributed by atoms with E-state index in [9.17, 15) is 13.2 Å². The van der Waals surface area contributed by atoms with Gasteiger partial charge in [-0.15, -0.1) is 0 Å². The molecule has 0 fully saturated rings. The molecule has 0 atom stereocenters. The van der Waals surface area contributed by atoms with Crippen LogP contribution in [0, 0.1) is 0 Å². The first-order valence-electron chi connectivity index (χ1n) is 6.50. The van der Waals surface area contributed by atoms with Gasteiger partial charge in [0.05, 0.1) is 38.9 Å². The van der Waals surface area contributed by atoms with Gasteiger partial charge in [0.25, 0.3) is 0 Å². The van der Waals surface area contributed by atoms with Gasteiger partial charge < -0.3 is 5.32 Å². The third-order valence-electron chi connectivity index (χ3n) is 2.89. The zero-order chi connectivity index (χ0) is 17.9. The number of nitrogens with zero attached hydrogens (tertiary/aromatic N) is 2. The predicted octanol–water partition coefficient (Wildman–Crippen LogP) is 3.45. The normalized spacial score (nSPS) is 11.2. The third kappa shape index (κ3) is 4.73. The highest BCUT2D eigenvalue weighted by Gasteiger charge is 2.24. The van der Waals surface area contributed by atoms with Crippen LogP contribution in [0.4, 0.5) is 11.4 Å². The zero-order valence-corrected chi connectivity index (χ0v) is 15.4. The van der Waals surface area contributed by atoms with Crippen LogP contribution < -0.4 is 9.62 Å². The summed E-state index contributed by atoms with van der Waals surface area (Å²) < 4.78 is 25.0. The van der Waals surface area contributed by atoms with Crippen molar-refractivity contribution in [2.24, 2.45) is 0 Å². The van der Waals surface area contributed by atoms with Crippen LogP contribution in [0.5, 0.6) is 0 Å². The Hall–Kier alpha value is -1.54. The molecule has 0 aliphatic carbocycles.